The maximum atomic E-state index is 13.1. The molecule has 1 aliphatic rings. The van der Waals surface area contributed by atoms with E-state index < -0.39 is 5.91 Å². The SMILES string of the molecule is Cc1c(/C=C2/C(=O)NN(c3ccccc3)C2=O)c2ccccc2n1Cc1ccccc1Cl. The molecule has 1 aliphatic heterocycles. The number of benzene rings is 3. The van der Waals surface area contributed by atoms with Gasteiger partial charge in [0.05, 0.1) is 5.69 Å². The Morgan fingerprint density at radius 2 is 1.59 bits per heavy atom. The smallest absolute Gasteiger partial charge is 0.282 e. The van der Waals surface area contributed by atoms with Gasteiger partial charge >= 0.3 is 0 Å². The van der Waals surface area contributed by atoms with Crippen molar-refractivity contribution in [2.24, 2.45) is 0 Å². The summed E-state index contributed by atoms with van der Waals surface area (Å²) in [5, 5.41) is 2.96. The van der Waals surface area contributed by atoms with Gasteiger partial charge in [-0.25, -0.2) is 5.01 Å². The second-order valence-electron chi connectivity index (χ2n) is 7.67. The number of fused-ring (bicyclic) bond motifs is 1. The molecule has 1 aromatic heterocycles. The van der Waals surface area contributed by atoms with E-state index in [1.54, 1.807) is 18.2 Å². The van der Waals surface area contributed by atoms with Crippen LogP contribution in [0.3, 0.4) is 0 Å². The molecule has 158 valence electrons. The molecule has 0 radical (unpaired) electrons. The summed E-state index contributed by atoms with van der Waals surface area (Å²) in [6.07, 6.45) is 1.70. The van der Waals surface area contributed by atoms with Crippen LogP contribution < -0.4 is 10.4 Å². The largest absolute Gasteiger partial charge is 0.340 e. The van der Waals surface area contributed by atoms with E-state index in [0.29, 0.717) is 17.3 Å². The third-order valence-corrected chi connectivity index (χ3v) is 6.13. The van der Waals surface area contributed by atoms with Crippen LogP contribution in [0, 0.1) is 6.92 Å². The summed E-state index contributed by atoms with van der Waals surface area (Å²) in [5.74, 6) is -0.787. The fraction of sp³-hybridized carbons (Fsp3) is 0.0769. The maximum Gasteiger partial charge on any atom is 0.282 e. The molecule has 5 nitrogen and oxygen atoms in total. The molecule has 0 saturated carbocycles. The zero-order valence-electron chi connectivity index (χ0n) is 17.4. The van der Waals surface area contributed by atoms with Gasteiger partial charge in [0.25, 0.3) is 11.8 Å². The van der Waals surface area contributed by atoms with Crippen LogP contribution in [0.25, 0.3) is 17.0 Å². The number of para-hydroxylation sites is 2. The van der Waals surface area contributed by atoms with Gasteiger partial charge in [0.1, 0.15) is 5.57 Å². The summed E-state index contributed by atoms with van der Waals surface area (Å²) in [7, 11) is 0. The number of nitrogens with one attached hydrogen (secondary N) is 1. The minimum absolute atomic E-state index is 0.109. The Morgan fingerprint density at radius 3 is 2.38 bits per heavy atom. The van der Waals surface area contributed by atoms with Crippen LogP contribution in [0.4, 0.5) is 5.69 Å². The average Bonchev–Trinajstić information content (AvgIpc) is 3.24. The molecular formula is C26H20ClN3O2. The van der Waals surface area contributed by atoms with E-state index in [-0.39, 0.29) is 11.5 Å². The second kappa shape index (κ2) is 8.02. The van der Waals surface area contributed by atoms with E-state index in [1.165, 1.54) is 5.01 Å². The van der Waals surface area contributed by atoms with Gasteiger partial charge in [0.15, 0.2) is 0 Å². The van der Waals surface area contributed by atoms with Gasteiger partial charge in [-0.05, 0) is 42.8 Å². The average molecular weight is 442 g/mol. The number of anilines is 1. The normalized spacial score (nSPS) is 15.1. The second-order valence-corrected chi connectivity index (χ2v) is 8.08. The van der Waals surface area contributed by atoms with Crippen LogP contribution in [-0.2, 0) is 16.1 Å². The highest BCUT2D eigenvalue weighted by Crippen LogP contribution is 2.31. The maximum absolute atomic E-state index is 13.1. The highest BCUT2D eigenvalue weighted by molar-refractivity contribution is 6.32. The fourth-order valence-electron chi connectivity index (χ4n) is 4.10. The van der Waals surface area contributed by atoms with Crippen molar-refractivity contribution in [3.05, 3.63) is 106 Å². The molecule has 6 heteroatoms. The van der Waals surface area contributed by atoms with Gasteiger partial charge in [-0.1, -0.05) is 66.2 Å². The molecule has 1 N–H and O–H groups in total. The van der Waals surface area contributed by atoms with E-state index in [2.05, 4.69) is 9.99 Å². The van der Waals surface area contributed by atoms with Gasteiger partial charge in [0.2, 0.25) is 0 Å². The lowest BCUT2D eigenvalue weighted by Crippen LogP contribution is -2.35. The highest BCUT2D eigenvalue weighted by atomic mass is 35.5. The highest BCUT2D eigenvalue weighted by Gasteiger charge is 2.34. The van der Waals surface area contributed by atoms with Crippen molar-refractivity contribution < 1.29 is 9.59 Å². The number of halogens is 1. The standard InChI is InChI=1S/C26H20ClN3O2/c1-17-21(15-22-25(31)28-30(26(22)32)19-10-3-2-4-11-19)20-12-6-8-14-24(20)29(17)16-18-9-5-7-13-23(18)27/h2-15H,16H2,1H3,(H,28,31)/b22-15-. The van der Waals surface area contributed by atoms with Crippen molar-refractivity contribution in [3.63, 3.8) is 0 Å². The number of hydrogen-bond acceptors (Lipinski definition) is 2. The molecule has 2 amide bonds. The zero-order chi connectivity index (χ0) is 22.2. The fourth-order valence-corrected chi connectivity index (χ4v) is 4.30. The summed E-state index contributed by atoms with van der Waals surface area (Å²) < 4.78 is 2.16. The van der Waals surface area contributed by atoms with Crippen molar-refractivity contribution >= 4 is 46.1 Å². The summed E-state index contributed by atoms with van der Waals surface area (Å²) >= 11 is 6.41. The third kappa shape index (κ3) is 3.37. The number of carbonyl (C=O) groups excluding carboxylic acids is 2. The van der Waals surface area contributed by atoms with Crippen LogP contribution in [0.2, 0.25) is 5.02 Å². The van der Waals surface area contributed by atoms with E-state index >= 15 is 0 Å². The quantitative estimate of drug-likeness (QED) is 0.353. The van der Waals surface area contributed by atoms with Gasteiger partial charge in [0, 0.05) is 33.7 Å². The number of amides is 2. The molecule has 4 aromatic rings. The zero-order valence-corrected chi connectivity index (χ0v) is 18.1. The topological polar surface area (TPSA) is 54.3 Å². The Morgan fingerprint density at radius 1 is 0.906 bits per heavy atom. The lowest BCUT2D eigenvalue weighted by atomic mass is 10.1. The molecular weight excluding hydrogens is 422 g/mol. The Hall–Kier alpha value is -3.83. The molecule has 0 aliphatic carbocycles. The Kier molecular flexibility index (Phi) is 5.04. The number of rotatable bonds is 4. The number of nitrogens with zero attached hydrogens (tertiary/aromatic N) is 2. The van der Waals surface area contributed by atoms with Crippen molar-refractivity contribution in [2.75, 3.05) is 5.01 Å². The van der Waals surface area contributed by atoms with E-state index in [1.807, 2.05) is 73.7 Å². The molecule has 0 atom stereocenters. The third-order valence-electron chi connectivity index (χ3n) is 5.76. The van der Waals surface area contributed by atoms with Crippen molar-refractivity contribution in [3.8, 4) is 0 Å². The summed E-state index contributed by atoms with van der Waals surface area (Å²) in [6.45, 7) is 2.58. The van der Waals surface area contributed by atoms with Gasteiger partial charge < -0.3 is 4.57 Å². The van der Waals surface area contributed by atoms with E-state index in [0.717, 1.165) is 27.7 Å². The van der Waals surface area contributed by atoms with Crippen molar-refractivity contribution in [1.29, 1.82) is 0 Å². The molecule has 5 rings (SSSR count). The van der Waals surface area contributed by atoms with Crippen LogP contribution in [0.1, 0.15) is 16.8 Å². The number of aromatic nitrogens is 1. The van der Waals surface area contributed by atoms with Crippen LogP contribution in [0.5, 0.6) is 0 Å². The summed E-state index contributed by atoms with van der Waals surface area (Å²) in [6, 6.07) is 24.8. The molecule has 0 bridgehead atoms. The first kappa shape index (κ1) is 20.1. The lowest BCUT2D eigenvalue weighted by molar-refractivity contribution is -0.117. The molecule has 1 fully saturated rings. The molecule has 2 heterocycles. The molecule has 1 saturated heterocycles. The van der Waals surface area contributed by atoms with Gasteiger partial charge in [-0.2, -0.15) is 0 Å². The number of carbonyl (C=O) groups is 2. The summed E-state index contributed by atoms with van der Waals surface area (Å²) in [5.41, 5.74) is 7.21. The van der Waals surface area contributed by atoms with Crippen molar-refractivity contribution in [2.45, 2.75) is 13.5 Å². The minimum atomic E-state index is -0.416. The lowest BCUT2D eigenvalue weighted by Gasteiger charge is -2.13. The van der Waals surface area contributed by atoms with Crippen LogP contribution in [0.15, 0.2) is 84.4 Å². The van der Waals surface area contributed by atoms with E-state index in [4.69, 9.17) is 11.6 Å². The van der Waals surface area contributed by atoms with Crippen LogP contribution >= 0.6 is 11.6 Å². The molecule has 0 unspecified atom stereocenters. The van der Waals surface area contributed by atoms with Gasteiger partial charge in [-0.15, -0.1) is 0 Å². The first-order valence-corrected chi connectivity index (χ1v) is 10.7. The molecule has 32 heavy (non-hydrogen) atoms. The molecule has 0 spiro atoms. The first-order valence-electron chi connectivity index (χ1n) is 10.3. The molecule has 3 aromatic carbocycles. The number of hydrogen-bond donors (Lipinski definition) is 1. The minimum Gasteiger partial charge on any atom is -0.340 e. The predicted molar refractivity (Wildman–Crippen MR) is 127 cm³/mol. The van der Waals surface area contributed by atoms with Gasteiger partial charge in [-0.3, -0.25) is 15.0 Å². The first-order chi connectivity index (χ1) is 15.5. The van der Waals surface area contributed by atoms with E-state index in [9.17, 15) is 9.59 Å². The van der Waals surface area contributed by atoms with Crippen molar-refractivity contribution in [1.82, 2.24) is 9.99 Å². The number of hydrazine groups is 1. The summed E-state index contributed by atoms with van der Waals surface area (Å²) in [4.78, 5) is 25.8. The van der Waals surface area contributed by atoms with Crippen LogP contribution in [-0.4, -0.2) is 16.4 Å². The Bertz CT molecular complexity index is 1390. The Balaban J connectivity index is 1.60. The predicted octanol–water partition coefficient (Wildman–Crippen LogP) is 5.11. The Labute approximate surface area is 190 Å². The monoisotopic (exact) mass is 441 g/mol.